The third kappa shape index (κ3) is 3.11. The van der Waals surface area contributed by atoms with Crippen LogP contribution < -0.4 is 4.74 Å². The van der Waals surface area contributed by atoms with Gasteiger partial charge in [0.25, 0.3) is 0 Å². The van der Waals surface area contributed by atoms with E-state index < -0.39 is 0 Å². The van der Waals surface area contributed by atoms with Crippen molar-refractivity contribution in [1.29, 1.82) is 0 Å². The Bertz CT molecular complexity index is 523. The number of ether oxygens (including phenoxy) is 1. The maximum absolute atomic E-state index is 9.65. The van der Waals surface area contributed by atoms with Gasteiger partial charge in [-0.1, -0.05) is 12.1 Å². The van der Waals surface area contributed by atoms with Gasteiger partial charge < -0.3 is 14.9 Å². The van der Waals surface area contributed by atoms with Crippen molar-refractivity contribution in [2.24, 2.45) is 0 Å². The average molecular weight is 262 g/mol. The molecule has 94 valence electrons. The first-order chi connectivity index (χ1) is 8.69. The summed E-state index contributed by atoms with van der Waals surface area (Å²) in [4.78, 5) is 0.753. The molecule has 0 fully saturated rings. The number of thioether (sulfide) groups is 1. The molecule has 0 unspecified atom stereocenters. The monoisotopic (exact) mass is 262 g/mol. The molecule has 0 aliphatic carbocycles. The quantitative estimate of drug-likeness (QED) is 0.829. The number of methoxy groups -OCH3 is 1. The second kappa shape index (κ2) is 5.69. The van der Waals surface area contributed by atoms with E-state index in [4.69, 9.17) is 4.74 Å². The lowest BCUT2D eigenvalue weighted by Crippen LogP contribution is -1.84. The van der Waals surface area contributed by atoms with E-state index in [0.29, 0.717) is 0 Å². The minimum Gasteiger partial charge on any atom is -0.508 e. The van der Waals surface area contributed by atoms with Gasteiger partial charge >= 0.3 is 0 Å². The van der Waals surface area contributed by atoms with Crippen molar-refractivity contribution >= 4 is 11.8 Å². The molecule has 2 N–H and O–H groups in total. The summed E-state index contributed by atoms with van der Waals surface area (Å²) in [7, 11) is 1.64. The number of hydrogen-bond acceptors (Lipinski definition) is 4. The maximum Gasteiger partial charge on any atom is 0.132 e. The second-order valence-corrected chi connectivity index (χ2v) is 4.81. The van der Waals surface area contributed by atoms with Gasteiger partial charge in [0.1, 0.15) is 17.2 Å². The van der Waals surface area contributed by atoms with Crippen LogP contribution in [0.25, 0.3) is 0 Å². The molecule has 3 nitrogen and oxygen atoms in total. The van der Waals surface area contributed by atoms with Crippen LogP contribution in [0, 0.1) is 0 Å². The molecular weight excluding hydrogens is 248 g/mol. The molecule has 2 aromatic rings. The Morgan fingerprint density at radius 3 is 2.39 bits per heavy atom. The first kappa shape index (κ1) is 12.6. The highest BCUT2D eigenvalue weighted by Crippen LogP contribution is 2.33. The first-order valence-electron chi connectivity index (χ1n) is 5.47. The Morgan fingerprint density at radius 1 is 1.06 bits per heavy atom. The van der Waals surface area contributed by atoms with Crippen molar-refractivity contribution in [2.45, 2.75) is 10.6 Å². The van der Waals surface area contributed by atoms with E-state index in [1.807, 2.05) is 24.3 Å². The van der Waals surface area contributed by atoms with Crippen LogP contribution in [0.4, 0.5) is 0 Å². The van der Waals surface area contributed by atoms with Gasteiger partial charge in [0.2, 0.25) is 0 Å². The fourth-order valence-corrected chi connectivity index (χ4v) is 2.40. The van der Waals surface area contributed by atoms with Crippen molar-refractivity contribution in [3.63, 3.8) is 0 Å². The summed E-state index contributed by atoms with van der Waals surface area (Å²) in [5.41, 5.74) is 1.15. The maximum atomic E-state index is 9.65. The van der Waals surface area contributed by atoms with Crippen molar-refractivity contribution in [2.75, 3.05) is 7.11 Å². The Hall–Kier alpha value is -1.81. The van der Waals surface area contributed by atoms with Crippen molar-refractivity contribution in [3.05, 3.63) is 48.0 Å². The SMILES string of the molecule is COc1ccc(CSc2ccc(O)cc2O)cc1. The lowest BCUT2D eigenvalue weighted by atomic mass is 10.2. The topological polar surface area (TPSA) is 49.7 Å². The minimum atomic E-state index is 0.0706. The predicted molar refractivity (Wildman–Crippen MR) is 72.3 cm³/mol. The smallest absolute Gasteiger partial charge is 0.132 e. The highest BCUT2D eigenvalue weighted by atomic mass is 32.2. The summed E-state index contributed by atoms with van der Waals surface area (Å²) < 4.78 is 5.09. The zero-order valence-electron chi connectivity index (χ0n) is 9.96. The van der Waals surface area contributed by atoms with Crippen LogP contribution in [0.5, 0.6) is 17.2 Å². The largest absolute Gasteiger partial charge is 0.508 e. The zero-order chi connectivity index (χ0) is 13.0. The molecule has 0 amide bonds. The molecule has 18 heavy (non-hydrogen) atoms. The molecular formula is C14H14O3S. The van der Waals surface area contributed by atoms with E-state index in [9.17, 15) is 10.2 Å². The van der Waals surface area contributed by atoms with Gasteiger partial charge in [0, 0.05) is 16.7 Å². The standard InChI is InChI=1S/C14H14O3S/c1-17-12-5-2-10(3-6-12)9-18-14-7-4-11(15)8-13(14)16/h2-8,15-16H,9H2,1H3. The molecule has 0 atom stereocenters. The molecule has 0 spiro atoms. The van der Waals surface area contributed by atoms with Crippen molar-refractivity contribution < 1.29 is 14.9 Å². The normalized spacial score (nSPS) is 10.3. The number of phenols is 2. The number of aromatic hydroxyl groups is 2. The molecule has 0 saturated carbocycles. The Labute approximate surface area is 110 Å². The fraction of sp³-hybridized carbons (Fsp3) is 0.143. The highest BCUT2D eigenvalue weighted by molar-refractivity contribution is 7.98. The molecule has 0 aliphatic rings. The third-order valence-electron chi connectivity index (χ3n) is 2.50. The Morgan fingerprint density at radius 2 is 1.78 bits per heavy atom. The molecule has 4 heteroatoms. The molecule has 0 heterocycles. The van der Waals surface area contributed by atoms with E-state index in [2.05, 4.69) is 0 Å². The van der Waals surface area contributed by atoms with Crippen LogP contribution in [0.15, 0.2) is 47.4 Å². The van der Waals surface area contributed by atoms with E-state index in [0.717, 1.165) is 22.0 Å². The van der Waals surface area contributed by atoms with Gasteiger partial charge in [-0.05, 0) is 29.8 Å². The Balaban J connectivity index is 2.02. The zero-order valence-corrected chi connectivity index (χ0v) is 10.8. The van der Waals surface area contributed by atoms with Gasteiger partial charge in [0.05, 0.1) is 7.11 Å². The number of phenolic OH excluding ortho intramolecular Hbond substituents is 2. The predicted octanol–water partition coefficient (Wildman–Crippen LogP) is 3.40. The summed E-state index contributed by atoms with van der Waals surface area (Å²) in [5.74, 6) is 1.76. The second-order valence-electron chi connectivity index (χ2n) is 3.79. The van der Waals surface area contributed by atoms with Crippen LogP contribution in [0.1, 0.15) is 5.56 Å². The molecule has 0 saturated heterocycles. The number of hydrogen-bond donors (Lipinski definition) is 2. The minimum absolute atomic E-state index is 0.0706. The van der Waals surface area contributed by atoms with Crippen molar-refractivity contribution in [3.8, 4) is 17.2 Å². The molecule has 2 aromatic carbocycles. The molecule has 2 rings (SSSR count). The molecule has 0 aromatic heterocycles. The summed E-state index contributed by atoms with van der Waals surface area (Å²) in [6, 6.07) is 12.4. The van der Waals surface area contributed by atoms with Crippen LogP contribution in [0.3, 0.4) is 0 Å². The molecule has 0 bridgehead atoms. The molecule has 0 radical (unpaired) electrons. The number of rotatable bonds is 4. The van der Waals surface area contributed by atoms with E-state index in [-0.39, 0.29) is 11.5 Å². The summed E-state index contributed by atoms with van der Waals surface area (Å²) >= 11 is 1.52. The highest BCUT2D eigenvalue weighted by Gasteiger charge is 2.03. The van der Waals surface area contributed by atoms with Crippen LogP contribution in [0.2, 0.25) is 0 Å². The van der Waals surface area contributed by atoms with Gasteiger partial charge in [0.15, 0.2) is 0 Å². The lowest BCUT2D eigenvalue weighted by molar-refractivity contribution is 0.414. The Kier molecular flexibility index (Phi) is 3.99. The van der Waals surface area contributed by atoms with Crippen molar-refractivity contribution in [1.82, 2.24) is 0 Å². The fourth-order valence-electron chi connectivity index (χ4n) is 1.51. The lowest BCUT2D eigenvalue weighted by Gasteiger charge is -2.06. The van der Waals surface area contributed by atoms with E-state index >= 15 is 0 Å². The first-order valence-corrected chi connectivity index (χ1v) is 6.45. The van der Waals surface area contributed by atoms with Gasteiger partial charge in [-0.2, -0.15) is 0 Å². The average Bonchev–Trinajstić information content (AvgIpc) is 2.38. The van der Waals surface area contributed by atoms with Gasteiger partial charge in [-0.3, -0.25) is 0 Å². The number of benzene rings is 2. The third-order valence-corrected chi connectivity index (χ3v) is 3.63. The van der Waals surface area contributed by atoms with Crippen LogP contribution in [-0.4, -0.2) is 17.3 Å². The van der Waals surface area contributed by atoms with E-state index in [1.165, 1.54) is 17.8 Å². The summed E-state index contributed by atoms with van der Waals surface area (Å²) in [6.07, 6.45) is 0. The van der Waals surface area contributed by atoms with Gasteiger partial charge in [-0.15, -0.1) is 11.8 Å². The van der Waals surface area contributed by atoms with Gasteiger partial charge in [-0.25, -0.2) is 0 Å². The summed E-state index contributed by atoms with van der Waals surface area (Å²) in [6.45, 7) is 0. The van der Waals surface area contributed by atoms with E-state index in [1.54, 1.807) is 19.2 Å². The summed E-state index contributed by atoms with van der Waals surface area (Å²) in [5, 5.41) is 18.8. The van der Waals surface area contributed by atoms with Crippen LogP contribution in [-0.2, 0) is 5.75 Å². The van der Waals surface area contributed by atoms with Crippen LogP contribution >= 0.6 is 11.8 Å². The molecule has 0 aliphatic heterocycles.